The van der Waals surface area contributed by atoms with Crippen LogP contribution in [0.25, 0.3) is 38.5 Å². The standard InChI is InChI=1S/C24H17F3N6O/c25-24(26,27)22-13-21(33(31-22)20-11-9-19(10-12-20)23(28)34)18-7-5-17(6-8-18)16-3-1-15(2-4-16)14-30-32-29/h1-13H,14H2,(H2,28,34). The fourth-order valence-electron chi connectivity index (χ4n) is 3.44. The lowest BCUT2D eigenvalue weighted by molar-refractivity contribution is -0.141. The second-order valence-corrected chi connectivity index (χ2v) is 7.40. The van der Waals surface area contributed by atoms with Crippen molar-refractivity contribution in [3.8, 4) is 28.1 Å². The lowest BCUT2D eigenvalue weighted by Crippen LogP contribution is -2.11. The number of halogens is 3. The number of benzene rings is 3. The number of primary amides is 1. The van der Waals surface area contributed by atoms with Gasteiger partial charge in [-0.05, 0) is 52.6 Å². The lowest BCUT2D eigenvalue weighted by atomic mass is 10.0. The van der Waals surface area contributed by atoms with Crippen LogP contribution in [0, 0.1) is 0 Å². The van der Waals surface area contributed by atoms with Crippen LogP contribution in [-0.4, -0.2) is 15.7 Å². The van der Waals surface area contributed by atoms with Crippen LogP contribution in [0.1, 0.15) is 21.6 Å². The minimum absolute atomic E-state index is 0.239. The highest BCUT2D eigenvalue weighted by Gasteiger charge is 2.35. The molecule has 10 heteroatoms. The van der Waals surface area contributed by atoms with Crippen molar-refractivity contribution in [2.45, 2.75) is 12.7 Å². The predicted molar refractivity (Wildman–Crippen MR) is 121 cm³/mol. The van der Waals surface area contributed by atoms with Crippen LogP contribution in [0.2, 0.25) is 0 Å². The Morgan fingerprint density at radius 2 is 1.50 bits per heavy atom. The van der Waals surface area contributed by atoms with Crippen molar-refractivity contribution in [3.63, 3.8) is 0 Å². The Morgan fingerprint density at radius 3 is 2.03 bits per heavy atom. The Morgan fingerprint density at radius 1 is 0.941 bits per heavy atom. The van der Waals surface area contributed by atoms with Gasteiger partial charge in [0.05, 0.1) is 17.9 Å². The molecule has 3 aromatic carbocycles. The summed E-state index contributed by atoms with van der Waals surface area (Å²) in [6.45, 7) is 0.252. The number of hydrogen-bond acceptors (Lipinski definition) is 3. The predicted octanol–water partition coefficient (Wildman–Crippen LogP) is 6.13. The molecule has 1 aromatic heterocycles. The molecule has 0 aliphatic rings. The van der Waals surface area contributed by atoms with Crippen molar-refractivity contribution >= 4 is 5.91 Å². The highest BCUT2D eigenvalue weighted by Crippen LogP contribution is 2.34. The number of alkyl halides is 3. The molecular formula is C24H17F3N6O. The third-order valence-corrected chi connectivity index (χ3v) is 5.18. The number of aromatic nitrogens is 2. The zero-order chi connectivity index (χ0) is 24.3. The molecule has 0 spiro atoms. The maximum absolute atomic E-state index is 13.4. The second-order valence-electron chi connectivity index (χ2n) is 7.40. The lowest BCUT2D eigenvalue weighted by Gasteiger charge is -2.09. The van der Waals surface area contributed by atoms with E-state index in [1.165, 1.54) is 28.9 Å². The van der Waals surface area contributed by atoms with E-state index < -0.39 is 17.8 Å². The summed E-state index contributed by atoms with van der Waals surface area (Å²) >= 11 is 0. The fourth-order valence-corrected chi connectivity index (χ4v) is 3.44. The van der Waals surface area contributed by atoms with Gasteiger partial charge in [0, 0.05) is 16.0 Å². The number of carbonyl (C=O) groups is 1. The Balaban J connectivity index is 1.70. The Bertz CT molecular complexity index is 1370. The normalized spacial score (nSPS) is 11.1. The summed E-state index contributed by atoms with van der Waals surface area (Å²) in [5, 5.41) is 7.28. The van der Waals surface area contributed by atoms with E-state index in [1.54, 1.807) is 24.3 Å². The molecule has 7 nitrogen and oxygen atoms in total. The molecule has 34 heavy (non-hydrogen) atoms. The highest BCUT2D eigenvalue weighted by molar-refractivity contribution is 5.92. The maximum Gasteiger partial charge on any atom is 0.435 e. The molecule has 170 valence electrons. The Labute approximate surface area is 191 Å². The van der Waals surface area contributed by atoms with Crippen molar-refractivity contribution < 1.29 is 18.0 Å². The second kappa shape index (κ2) is 9.13. The molecule has 4 aromatic rings. The van der Waals surface area contributed by atoms with Gasteiger partial charge in [-0.2, -0.15) is 18.3 Å². The quantitative estimate of drug-likeness (QED) is 0.211. The van der Waals surface area contributed by atoms with Gasteiger partial charge >= 0.3 is 6.18 Å². The van der Waals surface area contributed by atoms with Gasteiger partial charge in [-0.25, -0.2) is 4.68 Å². The van der Waals surface area contributed by atoms with Crippen molar-refractivity contribution in [1.82, 2.24) is 9.78 Å². The molecule has 0 atom stereocenters. The molecule has 0 aliphatic carbocycles. The van der Waals surface area contributed by atoms with Gasteiger partial charge in [0.25, 0.3) is 0 Å². The molecule has 0 radical (unpaired) electrons. The number of nitrogens with two attached hydrogens (primary N) is 1. The maximum atomic E-state index is 13.4. The van der Waals surface area contributed by atoms with E-state index in [-0.39, 0.29) is 17.8 Å². The molecule has 0 aliphatic heterocycles. The zero-order valence-electron chi connectivity index (χ0n) is 17.6. The number of azide groups is 1. The summed E-state index contributed by atoms with van der Waals surface area (Å²) < 4.78 is 41.4. The molecule has 0 unspecified atom stereocenters. The first-order valence-electron chi connectivity index (χ1n) is 10.0. The van der Waals surface area contributed by atoms with E-state index in [4.69, 9.17) is 11.3 Å². The molecule has 0 saturated carbocycles. The molecule has 0 bridgehead atoms. The number of amides is 1. The Kier molecular flexibility index (Phi) is 6.07. The molecule has 1 amide bonds. The average molecular weight is 462 g/mol. The smallest absolute Gasteiger partial charge is 0.366 e. The largest absolute Gasteiger partial charge is 0.435 e. The van der Waals surface area contributed by atoms with Gasteiger partial charge in [-0.15, -0.1) is 0 Å². The van der Waals surface area contributed by atoms with Crippen LogP contribution in [0.4, 0.5) is 13.2 Å². The fraction of sp³-hybridized carbons (Fsp3) is 0.0833. The van der Waals surface area contributed by atoms with Crippen LogP contribution < -0.4 is 5.73 Å². The van der Waals surface area contributed by atoms with E-state index >= 15 is 0 Å². The van der Waals surface area contributed by atoms with E-state index in [0.29, 0.717) is 11.3 Å². The van der Waals surface area contributed by atoms with Gasteiger partial charge < -0.3 is 5.73 Å². The number of rotatable bonds is 6. The monoisotopic (exact) mass is 462 g/mol. The SMILES string of the molecule is [N-]=[N+]=NCc1ccc(-c2ccc(-c3cc(C(F)(F)F)nn3-c3ccc(C(N)=O)cc3)cc2)cc1. The number of hydrogen-bond donors (Lipinski definition) is 1. The van der Waals surface area contributed by atoms with Crippen molar-refractivity contribution in [3.05, 3.63) is 106 Å². The number of carbonyl (C=O) groups excluding carboxylic acids is 1. The van der Waals surface area contributed by atoms with Crippen LogP contribution in [0.15, 0.2) is 84.0 Å². The van der Waals surface area contributed by atoms with Gasteiger partial charge in [-0.1, -0.05) is 53.6 Å². The van der Waals surface area contributed by atoms with E-state index in [2.05, 4.69) is 15.1 Å². The minimum atomic E-state index is -4.62. The summed E-state index contributed by atoms with van der Waals surface area (Å²) in [4.78, 5) is 14.1. The van der Waals surface area contributed by atoms with Gasteiger partial charge in [0.15, 0.2) is 5.69 Å². The topological polar surface area (TPSA) is 110 Å². The first-order valence-corrected chi connectivity index (χ1v) is 10.0. The molecule has 0 saturated heterocycles. The summed E-state index contributed by atoms with van der Waals surface area (Å²) in [7, 11) is 0. The van der Waals surface area contributed by atoms with Crippen LogP contribution >= 0.6 is 0 Å². The molecule has 4 rings (SSSR count). The molecule has 0 fully saturated rings. The van der Waals surface area contributed by atoms with Crippen LogP contribution in [0.5, 0.6) is 0 Å². The minimum Gasteiger partial charge on any atom is -0.366 e. The zero-order valence-corrected chi connectivity index (χ0v) is 17.6. The van der Waals surface area contributed by atoms with Gasteiger partial charge in [0.1, 0.15) is 0 Å². The first kappa shape index (κ1) is 22.6. The summed E-state index contributed by atoms with van der Waals surface area (Å²) in [5.74, 6) is -0.635. The molecular weight excluding hydrogens is 445 g/mol. The van der Waals surface area contributed by atoms with E-state index in [1.807, 2.05) is 24.3 Å². The molecule has 1 heterocycles. The number of nitrogens with zero attached hydrogens (tertiary/aromatic N) is 5. The Hall–Kier alpha value is -4.56. The van der Waals surface area contributed by atoms with E-state index in [0.717, 1.165) is 22.8 Å². The van der Waals surface area contributed by atoms with Crippen LogP contribution in [-0.2, 0) is 12.7 Å². The van der Waals surface area contributed by atoms with Crippen molar-refractivity contribution in [2.24, 2.45) is 10.8 Å². The van der Waals surface area contributed by atoms with Crippen molar-refractivity contribution in [2.75, 3.05) is 0 Å². The average Bonchev–Trinajstić information content (AvgIpc) is 3.29. The highest BCUT2D eigenvalue weighted by atomic mass is 19.4. The first-order chi connectivity index (χ1) is 16.3. The van der Waals surface area contributed by atoms with Crippen molar-refractivity contribution in [1.29, 1.82) is 0 Å². The third-order valence-electron chi connectivity index (χ3n) is 5.18. The summed E-state index contributed by atoms with van der Waals surface area (Å²) in [6, 6.07) is 21.3. The summed E-state index contributed by atoms with van der Waals surface area (Å²) in [6.07, 6.45) is -4.62. The third kappa shape index (κ3) is 4.77. The molecule has 2 N–H and O–H groups in total. The summed E-state index contributed by atoms with van der Waals surface area (Å²) in [5.41, 5.74) is 16.7. The van der Waals surface area contributed by atoms with Gasteiger partial charge in [0.2, 0.25) is 5.91 Å². The van der Waals surface area contributed by atoms with E-state index in [9.17, 15) is 18.0 Å². The van der Waals surface area contributed by atoms with Gasteiger partial charge in [-0.3, -0.25) is 4.79 Å². The van der Waals surface area contributed by atoms with Crippen LogP contribution in [0.3, 0.4) is 0 Å².